The third kappa shape index (κ3) is 2.48. The van der Waals surface area contributed by atoms with Gasteiger partial charge in [-0.15, -0.1) is 0 Å². The van der Waals surface area contributed by atoms with E-state index in [2.05, 4.69) is 10.1 Å². The molecule has 0 bridgehead atoms. The second-order valence-electron chi connectivity index (χ2n) is 4.92. The third-order valence-corrected chi connectivity index (χ3v) is 3.62. The molecule has 1 N–H and O–H groups in total. The number of para-hydroxylation sites is 1. The van der Waals surface area contributed by atoms with E-state index in [1.54, 1.807) is 25.6 Å². The van der Waals surface area contributed by atoms with E-state index in [4.69, 9.17) is 4.74 Å². The molecular formula is C16H17N3O2. The molecule has 2 heterocycles. The molecule has 0 saturated heterocycles. The number of rotatable bonds is 4. The van der Waals surface area contributed by atoms with Gasteiger partial charge in [-0.3, -0.25) is 9.67 Å². The van der Waals surface area contributed by atoms with Crippen molar-refractivity contribution in [3.63, 3.8) is 0 Å². The van der Waals surface area contributed by atoms with Gasteiger partial charge in [0.15, 0.2) is 0 Å². The highest BCUT2D eigenvalue weighted by Crippen LogP contribution is 2.28. The molecule has 2 aromatic heterocycles. The first kappa shape index (κ1) is 13.6. The van der Waals surface area contributed by atoms with E-state index in [1.807, 2.05) is 36.0 Å². The first-order valence-electron chi connectivity index (χ1n) is 6.77. The Bertz CT molecular complexity index is 767. The Balaban J connectivity index is 1.95. The smallest absolute Gasteiger partial charge is 0.142 e. The van der Waals surface area contributed by atoms with Crippen molar-refractivity contribution >= 4 is 10.9 Å². The van der Waals surface area contributed by atoms with Crippen molar-refractivity contribution in [2.24, 2.45) is 7.05 Å². The second kappa shape index (κ2) is 5.54. The van der Waals surface area contributed by atoms with Crippen LogP contribution >= 0.6 is 0 Å². The van der Waals surface area contributed by atoms with Crippen molar-refractivity contribution in [3.8, 4) is 5.75 Å². The molecule has 0 aliphatic carbocycles. The van der Waals surface area contributed by atoms with Gasteiger partial charge in [0.05, 0.1) is 30.6 Å². The molecule has 0 fully saturated rings. The number of aliphatic hydroxyl groups is 1. The number of hydrogen-bond acceptors (Lipinski definition) is 4. The quantitative estimate of drug-likeness (QED) is 0.798. The van der Waals surface area contributed by atoms with Gasteiger partial charge in [0.25, 0.3) is 0 Å². The van der Waals surface area contributed by atoms with Crippen LogP contribution in [0.4, 0.5) is 0 Å². The number of pyridine rings is 1. The van der Waals surface area contributed by atoms with Gasteiger partial charge in [-0.2, -0.15) is 5.10 Å². The van der Waals surface area contributed by atoms with Crippen LogP contribution in [-0.4, -0.2) is 27.0 Å². The molecule has 0 saturated carbocycles. The van der Waals surface area contributed by atoms with E-state index in [1.165, 1.54) is 0 Å². The van der Waals surface area contributed by atoms with Crippen molar-refractivity contribution < 1.29 is 9.84 Å². The summed E-state index contributed by atoms with van der Waals surface area (Å²) in [6, 6.07) is 9.77. The number of methoxy groups -OCH3 is 1. The second-order valence-corrected chi connectivity index (χ2v) is 4.92. The third-order valence-electron chi connectivity index (χ3n) is 3.62. The highest BCUT2D eigenvalue weighted by Gasteiger charge is 2.17. The van der Waals surface area contributed by atoms with Crippen molar-refractivity contribution in [3.05, 3.63) is 54.0 Å². The number of aliphatic hydroxyl groups excluding tert-OH is 1. The van der Waals surface area contributed by atoms with E-state index >= 15 is 0 Å². The molecule has 21 heavy (non-hydrogen) atoms. The Kier molecular flexibility index (Phi) is 3.58. The maximum atomic E-state index is 10.5. The standard InChI is InChI=1S/C16H17N3O2/c1-19-14-6-4-3-5-11(14)13(18-19)9-15(20)12-7-8-17-10-16(12)21-2/h3-8,10,15,20H,9H2,1-2H3. The summed E-state index contributed by atoms with van der Waals surface area (Å²) in [5, 5.41) is 16.1. The van der Waals surface area contributed by atoms with Gasteiger partial charge in [-0.25, -0.2) is 0 Å². The van der Waals surface area contributed by atoms with Crippen LogP contribution in [0.15, 0.2) is 42.7 Å². The lowest BCUT2D eigenvalue weighted by Gasteiger charge is -2.13. The summed E-state index contributed by atoms with van der Waals surface area (Å²) in [5.41, 5.74) is 2.66. The van der Waals surface area contributed by atoms with Crippen LogP contribution < -0.4 is 4.74 Å². The van der Waals surface area contributed by atoms with Crippen LogP contribution in [0.3, 0.4) is 0 Å². The number of aromatic nitrogens is 3. The van der Waals surface area contributed by atoms with Crippen molar-refractivity contribution in [2.75, 3.05) is 7.11 Å². The molecule has 3 aromatic rings. The maximum absolute atomic E-state index is 10.5. The SMILES string of the molecule is COc1cnccc1C(O)Cc1nn(C)c2ccccc12. The summed E-state index contributed by atoms with van der Waals surface area (Å²) >= 11 is 0. The predicted octanol–water partition coefficient (Wildman–Crippen LogP) is 2.25. The molecule has 1 aromatic carbocycles. The van der Waals surface area contributed by atoms with E-state index in [0.29, 0.717) is 12.2 Å². The van der Waals surface area contributed by atoms with Crippen molar-refractivity contribution in [2.45, 2.75) is 12.5 Å². The van der Waals surface area contributed by atoms with E-state index in [9.17, 15) is 5.11 Å². The van der Waals surface area contributed by atoms with E-state index < -0.39 is 6.10 Å². The zero-order valence-electron chi connectivity index (χ0n) is 12.0. The van der Waals surface area contributed by atoms with Crippen LogP contribution in [0.5, 0.6) is 5.75 Å². The summed E-state index contributed by atoms with van der Waals surface area (Å²) in [7, 11) is 3.48. The van der Waals surface area contributed by atoms with Gasteiger partial charge in [0, 0.05) is 30.6 Å². The molecule has 0 radical (unpaired) electrons. The first-order valence-corrected chi connectivity index (χ1v) is 6.77. The summed E-state index contributed by atoms with van der Waals surface area (Å²) in [4.78, 5) is 4.00. The zero-order chi connectivity index (χ0) is 14.8. The topological polar surface area (TPSA) is 60.2 Å². The molecule has 108 valence electrons. The van der Waals surface area contributed by atoms with E-state index in [0.717, 1.165) is 22.2 Å². The summed E-state index contributed by atoms with van der Waals surface area (Å²) in [5.74, 6) is 0.588. The van der Waals surface area contributed by atoms with Crippen LogP contribution in [0.1, 0.15) is 17.4 Å². The van der Waals surface area contributed by atoms with Gasteiger partial charge in [0.2, 0.25) is 0 Å². The van der Waals surface area contributed by atoms with Gasteiger partial charge in [-0.1, -0.05) is 18.2 Å². The molecule has 0 spiro atoms. The maximum Gasteiger partial charge on any atom is 0.142 e. The highest BCUT2D eigenvalue weighted by molar-refractivity contribution is 5.81. The molecule has 0 amide bonds. The monoisotopic (exact) mass is 283 g/mol. The molecular weight excluding hydrogens is 266 g/mol. The fraction of sp³-hybridized carbons (Fsp3) is 0.250. The number of nitrogens with zero attached hydrogens (tertiary/aromatic N) is 3. The Morgan fingerprint density at radius 1 is 1.29 bits per heavy atom. The summed E-state index contributed by atoms with van der Waals surface area (Å²) in [6.07, 6.45) is 3.01. The molecule has 0 aliphatic rings. The van der Waals surface area contributed by atoms with Gasteiger partial charge in [0.1, 0.15) is 5.75 Å². The summed E-state index contributed by atoms with van der Waals surface area (Å²) < 4.78 is 7.08. The van der Waals surface area contributed by atoms with Crippen LogP contribution in [0.25, 0.3) is 10.9 Å². The Morgan fingerprint density at radius 3 is 2.90 bits per heavy atom. The van der Waals surface area contributed by atoms with Crippen molar-refractivity contribution in [1.82, 2.24) is 14.8 Å². The lowest BCUT2D eigenvalue weighted by molar-refractivity contribution is 0.172. The van der Waals surface area contributed by atoms with Crippen LogP contribution in [-0.2, 0) is 13.5 Å². The van der Waals surface area contributed by atoms with Gasteiger partial charge < -0.3 is 9.84 Å². The summed E-state index contributed by atoms with van der Waals surface area (Å²) in [6.45, 7) is 0. The van der Waals surface area contributed by atoms with Crippen LogP contribution in [0.2, 0.25) is 0 Å². The largest absolute Gasteiger partial charge is 0.495 e. The lowest BCUT2D eigenvalue weighted by atomic mass is 10.0. The normalized spacial score (nSPS) is 12.5. The van der Waals surface area contributed by atoms with Gasteiger partial charge >= 0.3 is 0 Å². The average molecular weight is 283 g/mol. The Morgan fingerprint density at radius 2 is 2.10 bits per heavy atom. The fourth-order valence-corrected chi connectivity index (χ4v) is 2.57. The molecule has 5 heteroatoms. The number of fused-ring (bicyclic) bond motifs is 1. The fourth-order valence-electron chi connectivity index (χ4n) is 2.57. The predicted molar refractivity (Wildman–Crippen MR) is 80.2 cm³/mol. The lowest BCUT2D eigenvalue weighted by Crippen LogP contribution is -2.05. The number of ether oxygens (including phenoxy) is 1. The number of benzene rings is 1. The Labute approximate surface area is 122 Å². The minimum absolute atomic E-state index is 0.432. The molecule has 3 rings (SSSR count). The van der Waals surface area contributed by atoms with Crippen molar-refractivity contribution in [1.29, 1.82) is 0 Å². The number of aryl methyl sites for hydroxylation is 1. The number of hydrogen-bond donors (Lipinski definition) is 1. The Hall–Kier alpha value is -2.40. The molecule has 0 aliphatic heterocycles. The molecule has 1 unspecified atom stereocenters. The van der Waals surface area contributed by atoms with Crippen LogP contribution in [0, 0.1) is 0 Å². The van der Waals surface area contributed by atoms with E-state index in [-0.39, 0.29) is 0 Å². The minimum Gasteiger partial charge on any atom is -0.495 e. The highest BCUT2D eigenvalue weighted by atomic mass is 16.5. The molecule has 1 atom stereocenters. The zero-order valence-corrected chi connectivity index (χ0v) is 12.0. The minimum atomic E-state index is -0.679. The van der Waals surface area contributed by atoms with Gasteiger partial charge in [-0.05, 0) is 12.1 Å². The average Bonchev–Trinajstić information content (AvgIpc) is 2.84. The first-order chi connectivity index (χ1) is 10.2. The molecule has 5 nitrogen and oxygen atoms in total.